The smallest absolute Gasteiger partial charge is 0.226 e. The minimum Gasteiger partial charge on any atom is -0.502 e. The van der Waals surface area contributed by atoms with Gasteiger partial charge in [0.2, 0.25) is 5.43 Å². The molecule has 1 aliphatic rings. The van der Waals surface area contributed by atoms with Crippen LogP contribution in [0, 0.1) is 5.92 Å². The first-order valence-corrected chi connectivity index (χ1v) is 5.77. The van der Waals surface area contributed by atoms with E-state index < -0.39 is 5.43 Å². The molecule has 0 aromatic carbocycles. The Morgan fingerprint density at radius 2 is 2.41 bits per heavy atom. The van der Waals surface area contributed by atoms with Gasteiger partial charge in [-0.2, -0.15) is 0 Å². The number of likely N-dealkylation sites (tertiary alicyclic amines) is 1. The minimum absolute atomic E-state index is 0.291. The van der Waals surface area contributed by atoms with E-state index in [4.69, 9.17) is 9.52 Å². The highest BCUT2D eigenvalue weighted by Crippen LogP contribution is 2.21. The first kappa shape index (κ1) is 12.1. The molecule has 5 nitrogen and oxygen atoms in total. The molecule has 0 bridgehead atoms. The molecule has 0 radical (unpaired) electrons. The van der Waals surface area contributed by atoms with E-state index in [2.05, 4.69) is 4.90 Å². The average molecular weight is 239 g/mol. The molecule has 0 amide bonds. The fraction of sp³-hybridized carbons (Fsp3) is 0.583. The summed E-state index contributed by atoms with van der Waals surface area (Å²) in [5.74, 6) is 0.468. The third-order valence-electron chi connectivity index (χ3n) is 3.24. The Morgan fingerprint density at radius 1 is 1.65 bits per heavy atom. The van der Waals surface area contributed by atoms with Gasteiger partial charge in [0, 0.05) is 12.6 Å². The number of aliphatic hydroxyl groups is 1. The van der Waals surface area contributed by atoms with E-state index in [-0.39, 0.29) is 11.9 Å². The van der Waals surface area contributed by atoms with Crippen LogP contribution < -0.4 is 5.43 Å². The molecule has 2 heterocycles. The molecule has 2 atom stereocenters. The highest BCUT2D eigenvalue weighted by Gasteiger charge is 2.26. The quantitative estimate of drug-likeness (QED) is 0.805. The van der Waals surface area contributed by atoms with Gasteiger partial charge in [-0.05, 0) is 25.8 Å². The molecule has 2 unspecified atom stereocenters. The molecule has 1 saturated heterocycles. The van der Waals surface area contributed by atoms with Crippen molar-refractivity contribution in [2.24, 2.45) is 5.92 Å². The molecule has 0 spiro atoms. The fourth-order valence-corrected chi connectivity index (χ4v) is 2.15. The maximum absolute atomic E-state index is 11.2. The van der Waals surface area contributed by atoms with E-state index in [0.29, 0.717) is 18.2 Å². The minimum atomic E-state index is -0.419. The zero-order chi connectivity index (χ0) is 12.4. The molecular formula is C12H17NO4. The second-order valence-electron chi connectivity index (χ2n) is 4.62. The number of hydrogen-bond acceptors (Lipinski definition) is 5. The predicted molar refractivity (Wildman–Crippen MR) is 61.7 cm³/mol. The second-order valence-corrected chi connectivity index (χ2v) is 4.62. The highest BCUT2D eigenvalue weighted by molar-refractivity contribution is 5.15. The Kier molecular flexibility index (Phi) is 3.49. The Bertz CT molecular complexity index is 440. The van der Waals surface area contributed by atoms with Crippen LogP contribution in [0.2, 0.25) is 0 Å². The van der Waals surface area contributed by atoms with Crippen LogP contribution >= 0.6 is 0 Å². The Balaban J connectivity index is 1.98. The van der Waals surface area contributed by atoms with Crippen molar-refractivity contribution in [3.05, 3.63) is 28.3 Å². The molecule has 0 saturated carbocycles. The van der Waals surface area contributed by atoms with Crippen molar-refractivity contribution in [2.75, 3.05) is 13.1 Å². The summed E-state index contributed by atoms with van der Waals surface area (Å²) in [7, 11) is 0. The van der Waals surface area contributed by atoms with Crippen LogP contribution in [-0.4, -0.2) is 34.3 Å². The van der Waals surface area contributed by atoms with E-state index in [0.717, 1.165) is 25.8 Å². The van der Waals surface area contributed by atoms with Gasteiger partial charge in [-0.25, -0.2) is 0 Å². The lowest BCUT2D eigenvalue weighted by atomic mass is 10.0. The van der Waals surface area contributed by atoms with Crippen molar-refractivity contribution >= 4 is 0 Å². The molecule has 0 aliphatic carbocycles. The molecule has 1 aliphatic heterocycles. The standard InChI is InChI=1S/C12H17NO4/c1-8(14)9-2-3-13(5-9)6-10-4-11(15)12(16)7-17-10/h4,7-9,14,16H,2-3,5-6H2,1H3. The summed E-state index contributed by atoms with van der Waals surface area (Å²) in [5, 5.41) is 18.5. The normalized spacial score (nSPS) is 22.8. The lowest BCUT2D eigenvalue weighted by Crippen LogP contribution is -2.24. The van der Waals surface area contributed by atoms with Gasteiger partial charge in [-0.15, -0.1) is 0 Å². The van der Waals surface area contributed by atoms with Crippen LogP contribution in [0.25, 0.3) is 0 Å². The zero-order valence-electron chi connectivity index (χ0n) is 9.80. The number of aliphatic hydroxyl groups excluding tert-OH is 1. The van der Waals surface area contributed by atoms with Crippen LogP contribution in [0.1, 0.15) is 19.1 Å². The lowest BCUT2D eigenvalue weighted by molar-refractivity contribution is 0.126. The van der Waals surface area contributed by atoms with Crippen molar-refractivity contribution in [2.45, 2.75) is 26.0 Å². The summed E-state index contributed by atoms with van der Waals surface area (Å²) in [6, 6.07) is 1.31. The third-order valence-corrected chi connectivity index (χ3v) is 3.24. The molecule has 1 aromatic rings. The molecule has 2 N–H and O–H groups in total. The van der Waals surface area contributed by atoms with Crippen molar-refractivity contribution < 1.29 is 14.6 Å². The molecule has 17 heavy (non-hydrogen) atoms. The summed E-state index contributed by atoms with van der Waals surface area (Å²) in [6.07, 6.45) is 1.73. The van der Waals surface area contributed by atoms with Gasteiger partial charge >= 0.3 is 0 Å². The van der Waals surface area contributed by atoms with E-state index in [1.807, 2.05) is 0 Å². The first-order valence-electron chi connectivity index (χ1n) is 5.77. The number of rotatable bonds is 3. The van der Waals surface area contributed by atoms with Gasteiger partial charge in [-0.1, -0.05) is 0 Å². The monoisotopic (exact) mass is 239 g/mol. The largest absolute Gasteiger partial charge is 0.502 e. The molecule has 1 fully saturated rings. The van der Waals surface area contributed by atoms with E-state index in [9.17, 15) is 9.90 Å². The van der Waals surface area contributed by atoms with Crippen LogP contribution in [0.4, 0.5) is 0 Å². The zero-order valence-corrected chi connectivity index (χ0v) is 9.80. The van der Waals surface area contributed by atoms with Crippen LogP contribution in [0.3, 0.4) is 0 Å². The second kappa shape index (κ2) is 4.89. The predicted octanol–water partition coefficient (Wildman–Crippen LogP) is 0.548. The van der Waals surface area contributed by atoms with Gasteiger partial charge in [0.15, 0.2) is 5.75 Å². The van der Waals surface area contributed by atoms with Crippen LogP contribution in [0.5, 0.6) is 5.75 Å². The summed E-state index contributed by atoms with van der Waals surface area (Å²) >= 11 is 0. The van der Waals surface area contributed by atoms with Gasteiger partial charge in [-0.3, -0.25) is 9.69 Å². The molecule has 1 aromatic heterocycles. The van der Waals surface area contributed by atoms with Gasteiger partial charge in [0.05, 0.1) is 12.6 Å². The Morgan fingerprint density at radius 3 is 3.00 bits per heavy atom. The van der Waals surface area contributed by atoms with Crippen molar-refractivity contribution in [1.29, 1.82) is 0 Å². The highest BCUT2D eigenvalue weighted by atomic mass is 16.4. The van der Waals surface area contributed by atoms with E-state index >= 15 is 0 Å². The topological polar surface area (TPSA) is 73.9 Å². The summed E-state index contributed by atoms with van der Waals surface area (Å²) in [6.45, 7) is 4.04. The SMILES string of the molecule is CC(O)C1CCN(Cc2cc(=O)c(O)co2)C1. The molecule has 94 valence electrons. The van der Waals surface area contributed by atoms with Gasteiger partial charge in [0.1, 0.15) is 12.0 Å². The van der Waals surface area contributed by atoms with Gasteiger partial charge in [0.25, 0.3) is 0 Å². The van der Waals surface area contributed by atoms with Crippen molar-refractivity contribution in [1.82, 2.24) is 4.90 Å². The summed E-state index contributed by atoms with van der Waals surface area (Å²) in [4.78, 5) is 13.3. The molecular weight excluding hydrogens is 222 g/mol. The Hall–Kier alpha value is -1.33. The summed E-state index contributed by atoms with van der Waals surface area (Å²) < 4.78 is 5.14. The third kappa shape index (κ3) is 2.87. The van der Waals surface area contributed by atoms with E-state index in [1.54, 1.807) is 6.92 Å². The van der Waals surface area contributed by atoms with Gasteiger partial charge < -0.3 is 14.6 Å². The van der Waals surface area contributed by atoms with Crippen LogP contribution in [-0.2, 0) is 6.54 Å². The number of hydrogen-bond donors (Lipinski definition) is 2. The fourth-order valence-electron chi connectivity index (χ4n) is 2.15. The van der Waals surface area contributed by atoms with Crippen molar-refractivity contribution in [3.8, 4) is 5.75 Å². The average Bonchev–Trinajstić information content (AvgIpc) is 2.72. The number of aromatic hydroxyl groups is 1. The maximum atomic E-state index is 11.2. The van der Waals surface area contributed by atoms with Crippen LogP contribution in [0.15, 0.2) is 21.5 Å². The molecule has 5 heteroatoms. The summed E-state index contributed by atoms with van der Waals surface area (Å²) in [5.41, 5.74) is -0.419. The Labute approximate surface area is 99.3 Å². The first-order chi connectivity index (χ1) is 8.06. The lowest BCUT2D eigenvalue weighted by Gasteiger charge is -2.16. The van der Waals surface area contributed by atoms with Crippen molar-refractivity contribution in [3.63, 3.8) is 0 Å². The maximum Gasteiger partial charge on any atom is 0.226 e. The molecule has 2 rings (SSSR count). The number of nitrogens with zero attached hydrogens (tertiary/aromatic N) is 1. The van der Waals surface area contributed by atoms with E-state index in [1.165, 1.54) is 6.07 Å².